The maximum Gasteiger partial charge on any atom is 0.319 e. The third-order valence-electron chi connectivity index (χ3n) is 3.88. The van der Waals surface area contributed by atoms with Crippen molar-refractivity contribution in [3.05, 3.63) is 30.3 Å². The van der Waals surface area contributed by atoms with Crippen molar-refractivity contribution in [3.63, 3.8) is 0 Å². The fourth-order valence-corrected chi connectivity index (χ4v) is 3.66. The van der Waals surface area contributed by atoms with Gasteiger partial charge in [-0.3, -0.25) is 9.59 Å². The minimum absolute atomic E-state index is 0.0639. The van der Waals surface area contributed by atoms with Crippen LogP contribution in [0, 0.1) is 5.41 Å². The van der Waals surface area contributed by atoms with Crippen LogP contribution in [0.2, 0.25) is 0 Å². The Bertz CT molecular complexity index is 472. The van der Waals surface area contributed by atoms with Crippen LogP contribution in [0.25, 0.3) is 0 Å². The number of ether oxygens (including phenoxy) is 1. The molecule has 2 rings (SSSR count). The summed E-state index contributed by atoms with van der Waals surface area (Å²) in [5.41, 5.74) is -0.855. The normalized spacial score (nSPS) is 21.9. The zero-order valence-electron chi connectivity index (χ0n) is 11.8. The highest BCUT2D eigenvalue weighted by molar-refractivity contribution is 7.99. The van der Waals surface area contributed by atoms with E-state index in [9.17, 15) is 9.59 Å². The van der Waals surface area contributed by atoms with Gasteiger partial charge in [0.2, 0.25) is 0 Å². The van der Waals surface area contributed by atoms with Gasteiger partial charge in [-0.15, -0.1) is 11.8 Å². The zero-order chi connectivity index (χ0) is 14.4. The standard InChI is InChI=1S/C16H20O3S/c1-19-15(18)16(10-5-9-14(16)17)11-6-12-20-13-7-3-2-4-8-13/h2-4,7-8H,5-6,9-12H2,1H3. The summed E-state index contributed by atoms with van der Waals surface area (Å²) in [6.07, 6.45) is 3.42. The van der Waals surface area contributed by atoms with Gasteiger partial charge >= 0.3 is 5.97 Å². The van der Waals surface area contributed by atoms with Crippen LogP contribution in [0.5, 0.6) is 0 Å². The predicted molar refractivity (Wildman–Crippen MR) is 79.7 cm³/mol. The fraction of sp³-hybridized carbons (Fsp3) is 0.500. The van der Waals surface area contributed by atoms with E-state index < -0.39 is 5.41 Å². The van der Waals surface area contributed by atoms with E-state index >= 15 is 0 Å². The predicted octanol–water partition coefficient (Wildman–Crippen LogP) is 3.47. The van der Waals surface area contributed by atoms with Crippen LogP contribution in [0.3, 0.4) is 0 Å². The minimum Gasteiger partial charge on any atom is -0.468 e. The van der Waals surface area contributed by atoms with Crippen LogP contribution in [-0.2, 0) is 14.3 Å². The van der Waals surface area contributed by atoms with Crippen molar-refractivity contribution in [2.75, 3.05) is 12.9 Å². The van der Waals surface area contributed by atoms with E-state index in [4.69, 9.17) is 4.74 Å². The van der Waals surface area contributed by atoms with Crippen LogP contribution >= 0.6 is 11.8 Å². The molecule has 0 heterocycles. The summed E-state index contributed by atoms with van der Waals surface area (Å²) in [4.78, 5) is 25.2. The largest absolute Gasteiger partial charge is 0.468 e. The molecule has 1 unspecified atom stereocenters. The highest BCUT2D eigenvalue weighted by Crippen LogP contribution is 2.40. The Balaban J connectivity index is 1.87. The van der Waals surface area contributed by atoms with Gasteiger partial charge in [0.25, 0.3) is 0 Å². The number of carbonyl (C=O) groups is 2. The Morgan fingerprint density at radius 1 is 1.35 bits per heavy atom. The lowest BCUT2D eigenvalue weighted by molar-refractivity contribution is -0.157. The topological polar surface area (TPSA) is 43.4 Å². The maximum absolute atomic E-state index is 12.1. The number of ketones is 1. The average molecular weight is 292 g/mol. The van der Waals surface area contributed by atoms with Crippen LogP contribution < -0.4 is 0 Å². The number of methoxy groups -OCH3 is 1. The number of rotatable bonds is 6. The van der Waals surface area contributed by atoms with Crippen LogP contribution in [-0.4, -0.2) is 24.6 Å². The lowest BCUT2D eigenvalue weighted by Gasteiger charge is -2.23. The van der Waals surface area contributed by atoms with Crippen molar-refractivity contribution in [1.82, 2.24) is 0 Å². The number of thioether (sulfide) groups is 1. The smallest absolute Gasteiger partial charge is 0.319 e. The van der Waals surface area contributed by atoms with E-state index in [0.29, 0.717) is 19.3 Å². The third-order valence-corrected chi connectivity index (χ3v) is 4.98. The van der Waals surface area contributed by atoms with Gasteiger partial charge in [0, 0.05) is 11.3 Å². The Kier molecular flexibility index (Phi) is 5.24. The molecule has 1 aromatic rings. The summed E-state index contributed by atoms with van der Waals surface area (Å²) in [5, 5.41) is 0. The van der Waals surface area contributed by atoms with Crippen molar-refractivity contribution in [3.8, 4) is 0 Å². The number of carbonyl (C=O) groups excluding carboxylic acids is 2. The first kappa shape index (κ1) is 15.1. The van der Waals surface area contributed by atoms with E-state index in [1.54, 1.807) is 11.8 Å². The second-order valence-corrected chi connectivity index (χ2v) is 6.28. The van der Waals surface area contributed by atoms with E-state index in [0.717, 1.165) is 18.6 Å². The van der Waals surface area contributed by atoms with E-state index in [2.05, 4.69) is 12.1 Å². The van der Waals surface area contributed by atoms with Gasteiger partial charge in [-0.05, 0) is 43.6 Å². The molecule has 0 radical (unpaired) electrons. The molecule has 1 atom stereocenters. The fourth-order valence-electron chi connectivity index (χ4n) is 2.79. The lowest BCUT2D eigenvalue weighted by atomic mass is 9.81. The Hall–Kier alpha value is -1.29. The molecule has 0 aliphatic heterocycles. The van der Waals surface area contributed by atoms with Crippen LogP contribution in [0.4, 0.5) is 0 Å². The van der Waals surface area contributed by atoms with Gasteiger partial charge in [0.15, 0.2) is 0 Å². The number of esters is 1. The van der Waals surface area contributed by atoms with Gasteiger partial charge in [0.05, 0.1) is 7.11 Å². The maximum atomic E-state index is 12.1. The highest BCUT2D eigenvalue weighted by Gasteiger charge is 2.48. The molecule has 3 nitrogen and oxygen atoms in total. The van der Waals surface area contributed by atoms with Gasteiger partial charge in [-0.25, -0.2) is 0 Å². The Labute approximate surface area is 124 Å². The molecule has 0 aromatic heterocycles. The minimum atomic E-state index is -0.855. The van der Waals surface area contributed by atoms with E-state index in [1.165, 1.54) is 12.0 Å². The van der Waals surface area contributed by atoms with E-state index in [1.807, 2.05) is 18.2 Å². The summed E-state index contributed by atoms with van der Waals surface area (Å²) in [7, 11) is 1.37. The van der Waals surface area contributed by atoms with Gasteiger partial charge < -0.3 is 4.74 Å². The molecule has 1 saturated carbocycles. The lowest BCUT2D eigenvalue weighted by Crippen LogP contribution is -2.36. The SMILES string of the molecule is COC(=O)C1(CCCSc2ccccc2)CCCC1=O. The van der Waals surface area contributed by atoms with Crippen molar-refractivity contribution in [2.45, 2.75) is 37.0 Å². The number of benzene rings is 1. The third kappa shape index (κ3) is 3.23. The molecule has 4 heteroatoms. The molecule has 0 N–H and O–H groups in total. The number of hydrogen-bond acceptors (Lipinski definition) is 4. The molecule has 1 fully saturated rings. The van der Waals surface area contributed by atoms with Crippen molar-refractivity contribution >= 4 is 23.5 Å². The van der Waals surface area contributed by atoms with Crippen molar-refractivity contribution < 1.29 is 14.3 Å². The first-order valence-corrected chi connectivity index (χ1v) is 7.97. The van der Waals surface area contributed by atoms with Gasteiger partial charge in [-0.1, -0.05) is 18.2 Å². The summed E-state index contributed by atoms with van der Waals surface area (Å²) >= 11 is 1.76. The molecular formula is C16H20O3S. The van der Waals surface area contributed by atoms with Crippen molar-refractivity contribution in [2.24, 2.45) is 5.41 Å². The summed E-state index contributed by atoms with van der Waals surface area (Å²) in [6.45, 7) is 0. The molecule has 0 spiro atoms. The van der Waals surface area contributed by atoms with Crippen LogP contribution in [0.15, 0.2) is 35.2 Å². The van der Waals surface area contributed by atoms with Gasteiger partial charge in [-0.2, -0.15) is 0 Å². The highest BCUT2D eigenvalue weighted by atomic mass is 32.2. The van der Waals surface area contributed by atoms with Gasteiger partial charge in [0.1, 0.15) is 11.2 Å². The molecular weight excluding hydrogens is 272 g/mol. The second-order valence-electron chi connectivity index (χ2n) is 5.12. The Morgan fingerprint density at radius 2 is 2.10 bits per heavy atom. The summed E-state index contributed by atoms with van der Waals surface area (Å²) in [5.74, 6) is 0.634. The molecule has 0 saturated heterocycles. The molecule has 0 amide bonds. The zero-order valence-corrected chi connectivity index (χ0v) is 12.6. The summed E-state index contributed by atoms with van der Waals surface area (Å²) in [6, 6.07) is 10.2. The summed E-state index contributed by atoms with van der Waals surface area (Å²) < 4.78 is 4.86. The molecule has 1 aliphatic carbocycles. The molecule has 1 aliphatic rings. The van der Waals surface area contributed by atoms with Crippen molar-refractivity contribution in [1.29, 1.82) is 0 Å². The van der Waals surface area contributed by atoms with Crippen LogP contribution in [0.1, 0.15) is 32.1 Å². The molecule has 20 heavy (non-hydrogen) atoms. The average Bonchev–Trinajstić information content (AvgIpc) is 2.86. The molecule has 108 valence electrons. The van der Waals surface area contributed by atoms with E-state index in [-0.39, 0.29) is 11.8 Å². The molecule has 0 bridgehead atoms. The molecule has 1 aromatic carbocycles. The monoisotopic (exact) mass is 292 g/mol. The second kappa shape index (κ2) is 6.93. The first-order valence-electron chi connectivity index (χ1n) is 6.98. The quantitative estimate of drug-likeness (QED) is 0.348. The Morgan fingerprint density at radius 3 is 2.70 bits per heavy atom. The number of Topliss-reactive ketones (excluding diaryl/α,β-unsaturated/α-hetero) is 1. The number of hydrogen-bond donors (Lipinski definition) is 0. The first-order chi connectivity index (χ1) is 9.69.